The van der Waals surface area contributed by atoms with Gasteiger partial charge in [0.1, 0.15) is 6.61 Å². The number of carboxylic acids is 2. The fourth-order valence-electron chi connectivity index (χ4n) is 2.76. The largest absolute Gasteiger partial charge is 0.493 e. The van der Waals surface area contributed by atoms with Crippen LogP contribution in [-0.4, -0.2) is 92.4 Å². The van der Waals surface area contributed by atoms with Gasteiger partial charge in [0.05, 0.1) is 14.2 Å². The van der Waals surface area contributed by atoms with Crippen LogP contribution in [0.1, 0.15) is 29.6 Å². The van der Waals surface area contributed by atoms with Crippen molar-refractivity contribution in [1.29, 1.82) is 0 Å². The molecule has 1 saturated heterocycles. The van der Waals surface area contributed by atoms with E-state index in [9.17, 15) is 4.79 Å². The summed E-state index contributed by atoms with van der Waals surface area (Å²) in [7, 11) is 7.11. The maximum atomic E-state index is 12.7. The van der Waals surface area contributed by atoms with Gasteiger partial charge in [-0.05, 0) is 45.5 Å². The number of likely N-dealkylation sites (N-methyl/N-ethyl adjacent to an activating group) is 1. The molecule has 0 saturated carbocycles. The zero-order valence-electron chi connectivity index (χ0n) is 17.8. The minimum atomic E-state index is -1.82. The lowest BCUT2D eigenvalue weighted by Gasteiger charge is -2.27. The minimum Gasteiger partial charge on any atom is -0.493 e. The second-order valence-electron chi connectivity index (χ2n) is 6.82. The van der Waals surface area contributed by atoms with Gasteiger partial charge in [-0.2, -0.15) is 0 Å². The number of nitrogens with zero attached hydrogens (tertiary/aromatic N) is 2. The maximum absolute atomic E-state index is 12.7. The molecule has 1 aliphatic heterocycles. The van der Waals surface area contributed by atoms with Gasteiger partial charge in [-0.1, -0.05) is 0 Å². The SMILES string of the molecule is COc1cc(C(=O)N2CCCCC2)cc(OC)c1OCCN(C)C.O=C(O)C(=O)O. The summed E-state index contributed by atoms with van der Waals surface area (Å²) < 4.78 is 16.7. The third kappa shape index (κ3) is 7.78. The van der Waals surface area contributed by atoms with Gasteiger partial charge in [0.25, 0.3) is 5.91 Å². The number of amides is 1. The molecule has 10 heteroatoms. The average Bonchev–Trinajstić information content (AvgIpc) is 2.73. The summed E-state index contributed by atoms with van der Waals surface area (Å²) in [5.74, 6) is -2.05. The number of likely N-dealkylation sites (tertiary alicyclic amines) is 1. The second kappa shape index (κ2) is 12.5. The highest BCUT2D eigenvalue weighted by atomic mass is 16.5. The van der Waals surface area contributed by atoms with Gasteiger partial charge in [-0.15, -0.1) is 0 Å². The van der Waals surface area contributed by atoms with E-state index in [0.717, 1.165) is 32.5 Å². The number of carbonyl (C=O) groups excluding carboxylic acids is 1. The van der Waals surface area contributed by atoms with Crippen molar-refractivity contribution >= 4 is 17.8 Å². The maximum Gasteiger partial charge on any atom is 0.414 e. The van der Waals surface area contributed by atoms with Crippen LogP contribution in [0.2, 0.25) is 0 Å². The molecule has 30 heavy (non-hydrogen) atoms. The normalized spacial score (nSPS) is 13.2. The molecule has 10 nitrogen and oxygen atoms in total. The van der Waals surface area contributed by atoms with Gasteiger partial charge >= 0.3 is 11.9 Å². The summed E-state index contributed by atoms with van der Waals surface area (Å²) >= 11 is 0. The smallest absolute Gasteiger partial charge is 0.414 e. The molecule has 1 aromatic carbocycles. The molecule has 1 aliphatic rings. The number of ether oxygens (including phenoxy) is 3. The van der Waals surface area contributed by atoms with Crippen LogP contribution in [-0.2, 0) is 9.59 Å². The number of piperidine rings is 1. The molecule has 0 unspecified atom stereocenters. The first kappa shape index (κ1) is 25.0. The summed E-state index contributed by atoms with van der Waals surface area (Å²) in [4.78, 5) is 34.8. The summed E-state index contributed by atoms with van der Waals surface area (Å²) in [6.45, 7) is 2.91. The molecule has 1 aromatic rings. The summed E-state index contributed by atoms with van der Waals surface area (Å²) in [6.07, 6.45) is 3.31. The highest BCUT2D eigenvalue weighted by Gasteiger charge is 2.22. The third-order valence-electron chi connectivity index (χ3n) is 4.32. The van der Waals surface area contributed by atoms with Crippen LogP contribution in [0, 0.1) is 0 Å². The molecule has 1 amide bonds. The summed E-state index contributed by atoms with van der Waals surface area (Å²) in [6, 6.07) is 3.48. The lowest BCUT2D eigenvalue weighted by molar-refractivity contribution is -0.159. The Hall–Kier alpha value is -3.01. The van der Waals surface area contributed by atoms with E-state index in [2.05, 4.69) is 0 Å². The van der Waals surface area contributed by atoms with Crippen molar-refractivity contribution in [1.82, 2.24) is 9.80 Å². The first-order valence-corrected chi connectivity index (χ1v) is 9.50. The zero-order valence-corrected chi connectivity index (χ0v) is 17.8. The Balaban J connectivity index is 0.000000656. The molecule has 1 heterocycles. The zero-order chi connectivity index (χ0) is 22.7. The highest BCUT2D eigenvalue weighted by Crippen LogP contribution is 2.39. The Morgan fingerprint density at radius 3 is 1.87 bits per heavy atom. The molecule has 2 rings (SSSR count). The Morgan fingerprint density at radius 1 is 0.967 bits per heavy atom. The van der Waals surface area contributed by atoms with E-state index < -0.39 is 11.9 Å². The van der Waals surface area contributed by atoms with Crippen molar-refractivity contribution in [2.75, 3.05) is 54.6 Å². The van der Waals surface area contributed by atoms with Crippen molar-refractivity contribution in [2.45, 2.75) is 19.3 Å². The number of hydrogen-bond donors (Lipinski definition) is 2. The van der Waals surface area contributed by atoms with Crippen molar-refractivity contribution in [2.24, 2.45) is 0 Å². The van der Waals surface area contributed by atoms with Gasteiger partial charge in [0, 0.05) is 25.2 Å². The van der Waals surface area contributed by atoms with Gasteiger partial charge in [-0.25, -0.2) is 9.59 Å². The number of aliphatic carboxylic acids is 2. The second-order valence-corrected chi connectivity index (χ2v) is 6.82. The first-order chi connectivity index (χ1) is 14.2. The summed E-state index contributed by atoms with van der Waals surface area (Å²) in [5, 5.41) is 14.8. The fraction of sp³-hybridized carbons (Fsp3) is 0.550. The molecule has 2 N–H and O–H groups in total. The van der Waals surface area contributed by atoms with Gasteiger partial charge in [0.2, 0.25) is 5.75 Å². The predicted octanol–water partition coefficient (Wildman–Crippen LogP) is 1.43. The molecule has 0 bridgehead atoms. The van der Waals surface area contributed by atoms with E-state index in [4.69, 9.17) is 34.0 Å². The van der Waals surface area contributed by atoms with Crippen molar-refractivity contribution in [3.05, 3.63) is 17.7 Å². The molecule has 0 atom stereocenters. The molecular weight excluding hydrogens is 396 g/mol. The number of methoxy groups -OCH3 is 2. The first-order valence-electron chi connectivity index (χ1n) is 9.50. The van der Waals surface area contributed by atoms with Crippen LogP contribution < -0.4 is 14.2 Å². The number of benzene rings is 1. The van der Waals surface area contributed by atoms with E-state index >= 15 is 0 Å². The monoisotopic (exact) mass is 426 g/mol. The number of carboxylic acid groups (broad SMARTS) is 2. The van der Waals surface area contributed by atoms with Crippen LogP contribution in [0.25, 0.3) is 0 Å². The number of carbonyl (C=O) groups is 3. The Morgan fingerprint density at radius 2 is 1.47 bits per heavy atom. The molecule has 168 valence electrons. The van der Waals surface area contributed by atoms with Gasteiger partial charge in [-0.3, -0.25) is 4.79 Å². The van der Waals surface area contributed by atoms with Gasteiger partial charge in [0.15, 0.2) is 11.5 Å². The van der Waals surface area contributed by atoms with Crippen LogP contribution in [0.15, 0.2) is 12.1 Å². The predicted molar refractivity (Wildman–Crippen MR) is 109 cm³/mol. The van der Waals surface area contributed by atoms with E-state index in [-0.39, 0.29) is 5.91 Å². The van der Waals surface area contributed by atoms with Gasteiger partial charge < -0.3 is 34.2 Å². The molecule has 0 radical (unpaired) electrons. The minimum absolute atomic E-state index is 0.0196. The number of rotatable bonds is 7. The Kier molecular flexibility index (Phi) is 10.5. The van der Waals surface area contributed by atoms with Crippen molar-refractivity contribution in [3.63, 3.8) is 0 Å². The Bertz CT molecular complexity index is 693. The van der Waals surface area contributed by atoms with Crippen LogP contribution in [0.3, 0.4) is 0 Å². The molecular formula is C20H30N2O8. The van der Waals surface area contributed by atoms with Crippen LogP contribution in [0.4, 0.5) is 0 Å². The molecule has 0 aromatic heterocycles. The Labute approximate surface area is 175 Å². The van der Waals surface area contributed by atoms with E-state index in [1.807, 2.05) is 23.9 Å². The molecule has 1 fully saturated rings. The molecule has 0 spiro atoms. The lowest BCUT2D eigenvalue weighted by atomic mass is 10.1. The van der Waals surface area contributed by atoms with E-state index in [1.54, 1.807) is 26.4 Å². The standard InChI is InChI=1S/C18H28N2O4.C2H2O4/c1-19(2)10-11-24-17-15(22-3)12-14(13-16(17)23-4)18(21)20-8-6-5-7-9-20;3-1(4)2(5)6/h12-13H,5-11H2,1-4H3;(H,3,4)(H,5,6). The molecule has 0 aliphatic carbocycles. The third-order valence-corrected chi connectivity index (χ3v) is 4.32. The topological polar surface area (TPSA) is 126 Å². The fourth-order valence-corrected chi connectivity index (χ4v) is 2.76. The lowest BCUT2D eigenvalue weighted by Crippen LogP contribution is -2.35. The van der Waals surface area contributed by atoms with E-state index in [0.29, 0.717) is 29.4 Å². The average molecular weight is 426 g/mol. The number of hydrogen-bond acceptors (Lipinski definition) is 7. The quantitative estimate of drug-likeness (QED) is 0.623. The van der Waals surface area contributed by atoms with E-state index in [1.165, 1.54) is 6.42 Å². The van der Waals surface area contributed by atoms with Crippen LogP contribution >= 0.6 is 0 Å². The van der Waals surface area contributed by atoms with Crippen molar-refractivity contribution < 1.29 is 38.8 Å². The highest BCUT2D eigenvalue weighted by molar-refractivity contribution is 6.27. The van der Waals surface area contributed by atoms with Crippen LogP contribution in [0.5, 0.6) is 17.2 Å². The van der Waals surface area contributed by atoms with Crippen molar-refractivity contribution in [3.8, 4) is 17.2 Å². The summed E-state index contributed by atoms with van der Waals surface area (Å²) in [5.41, 5.74) is 0.575.